The molecule has 4 nitrogen and oxygen atoms in total. The molecule has 0 radical (unpaired) electrons. The highest BCUT2D eigenvalue weighted by molar-refractivity contribution is 5.56. The van der Waals surface area contributed by atoms with E-state index >= 15 is 0 Å². The molecule has 0 spiro atoms. The molecule has 0 bridgehead atoms. The second-order valence-corrected chi connectivity index (χ2v) is 4.78. The molecule has 2 N–H and O–H groups in total. The van der Waals surface area contributed by atoms with Crippen molar-refractivity contribution in [3.05, 3.63) is 71.9 Å². The summed E-state index contributed by atoms with van der Waals surface area (Å²) in [6, 6.07) is 18.3. The number of H-pyrrole nitrogens is 1. The minimum Gasteiger partial charge on any atom is -0.496 e. The molecule has 1 heterocycles. The Hall–Kier alpha value is -2.75. The van der Waals surface area contributed by atoms with Gasteiger partial charge in [-0.15, -0.1) is 0 Å². The number of aromatic amines is 1. The molecule has 3 rings (SSSR count). The normalized spacial score (nSPS) is 10.3. The molecule has 0 aliphatic carbocycles. The molecule has 4 heteroatoms. The second-order valence-electron chi connectivity index (χ2n) is 4.78. The zero-order valence-corrected chi connectivity index (χ0v) is 11.8. The maximum absolute atomic E-state index is 5.39. The molecule has 0 unspecified atom stereocenters. The Kier molecular flexibility index (Phi) is 3.87. The van der Waals surface area contributed by atoms with Gasteiger partial charge in [0.15, 0.2) is 0 Å². The van der Waals surface area contributed by atoms with Gasteiger partial charge >= 0.3 is 0 Å². The number of rotatable bonds is 5. The number of benzene rings is 2. The number of nitrogens with zero attached hydrogens (tertiary/aromatic N) is 1. The average Bonchev–Trinajstić information content (AvgIpc) is 3.03. The van der Waals surface area contributed by atoms with E-state index in [2.05, 4.69) is 45.8 Å². The van der Waals surface area contributed by atoms with Crippen molar-refractivity contribution in [3.63, 3.8) is 0 Å². The fourth-order valence-corrected chi connectivity index (χ4v) is 2.26. The Morgan fingerprint density at radius 1 is 1.05 bits per heavy atom. The lowest BCUT2D eigenvalue weighted by molar-refractivity contribution is 0.410. The van der Waals surface area contributed by atoms with Gasteiger partial charge in [-0.05, 0) is 29.3 Å². The first-order valence-corrected chi connectivity index (χ1v) is 6.82. The maximum Gasteiger partial charge on any atom is 0.125 e. The van der Waals surface area contributed by atoms with Gasteiger partial charge in [0, 0.05) is 18.2 Å². The van der Waals surface area contributed by atoms with Crippen molar-refractivity contribution in [3.8, 4) is 5.75 Å². The van der Waals surface area contributed by atoms with Crippen LogP contribution in [0.15, 0.2) is 60.8 Å². The summed E-state index contributed by atoms with van der Waals surface area (Å²) in [5, 5.41) is 10.0. The number of para-hydroxylation sites is 1. The summed E-state index contributed by atoms with van der Waals surface area (Å²) in [6.45, 7) is 0. The first-order chi connectivity index (χ1) is 10.3. The van der Waals surface area contributed by atoms with Gasteiger partial charge in [0.1, 0.15) is 11.6 Å². The Bertz CT molecular complexity index is 690. The van der Waals surface area contributed by atoms with Gasteiger partial charge in [-0.2, -0.15) is 5.10 Å². The fraction of sp³-hybridized carbons (Fsp3) is 0.118. The van der Waals surface area contributed by atoms with Gasteiger partial charge in [0.05, 0.1) is 13.3 Å². The summed E-state index contributed by atoms with van der Waals surface area (Å²) >= 11 is 0. The minimum atomic E-state index is 0.856. The number of hydrogen-bond acceptors (Lipinski definition) is 3. The molecule has 0 aliphatic rings. The standard InChI is InChI=1S/C17H17N3O/c1-21-16-5-3-2-4-14(16)12-13-6-8-15(9-7-13)19-17-10-11-18-20-17/h2-11H,12H2,1H3,(H2,18,19,20). The second kappa shape index (κ2) is 6.13. The van der Waals surface area contributed by atoms with Gasteiger partial charge in [0.2, 0.25) is 0 Å². The zero-order valence-electron chi connectivity index (χ0n) is 11.8. The van der Waals surface area contributed by atoms with Crippen molar-refractivity contribution in [1.82, 2.24) is 10.2 Å². The lowest BCUT2D eigenvalue weighted by Crippen LogP contribution is -1.94. The van der Waals surface area contributed by atoms with Crippen LogP contribution < -0.4 is 10.1 Å². The van der Waals surface area contributed by atoms with Crippen molar-refractivity contribution in [2.24, 2.45) is 0 Å². The third kappa shape index (κ3) is 3.23. The van der Waals surface area contributed by atoms with E-state index in [1.54, 1.807) is 13.3 Å². The van der Waals surface area contributed by atoms with Crippen molar-refractivity contribution >= 4 is 11.5 Å². The average molecular weight is 279 g/mol. The van der Waals surface area contributed by atoms with Crippen LogP contribution in [-0.4, -0.2) is 17.3 Å². The number of anilines is 2. The van der Waals surface area contributed by atoms with Crippen LogP contribution in [0.5, 0.6) is 5.75 Å². The van der Waals surface area contributed by atoms with Crippen molar-refractivity contribution < 1.29 is 4.74 Å². The molecule has 0 fully saturated rings. The monoisotopic (exact) mass is 279 g/mol. The lowest BCUT2D eigenvalue weighted by atomic mass is 10.0. The highest BCUT2D eigenvalue weighted by Crippen LogP contribution is 2.22. The molecule has 0 amide bonds. The summed E-state index contributed by atoms with van der Waals surface area (Å²) in [4.78, 5) is 0. The highest BCUT2D eigenvalue weighted by atomic mass is 16.5. The van der Waals surface area contributed by atoms with E-state index in [1.165, 1.54) is 11.1 Å². The highest BCUT2D eigenvalue weighted by Gasteiger charge is 2.03. The van der Waals surface area contributed by atoms with E-state index in [9.17, 15) is 0 Å². The van der Waals surface area contributed by atoms with Crippen LogP contribution in [-0.2, 0) is 6.42 Å². The van der Waals surface area contributed by atoms with Crippen molar-refractivity contribution in [2.75, 3.05) is 12.4 Å². The van der Waals surface area contributed by atoms with E-state index in [-0.39, 0.29) is 0 Å². The molecule has 2 aromatic carbocycles. The van der Waals surface area contributed by atoms with Crippen LogP contribution in [0.1, 0.15) is 11.1 Å². The predicted molar refractivity (Wildman–Crippen MR) is 84.1 cm³/mol. The molecule has 0 atom stereocenters. The molecule has 0 aliphatic heterocycles. The summed E-state index contributed by atoms with van der Waals surface area (Å²) < 4.78 is 5.39. The maximum atomic E-state index is 5.39. The fourth-order valence-electron chi connectivity index (χ4n) is 2.26. The summed E-state index contributed by atoms with van der Waals surface area (Å²) in [6.07, 6.45) is 2.58. The summed E-state index contributed by atoms with van der Waals surface area (Å²) in [7, 11) is 1.70. The molecule has 0 saturated heterocycles. The van der Waals surface area contributed by atoms with E-state index in [4.69, 9.17) is 4.74 Å². The third-order valence-corrected chi connectivity index (χ3v) is 3.32. The van der Waals surface area contributed by atoms with Crippen LogP contribution in [0.2, 0.25) is 0 Å². The molecular formula is C17H17N3O. The van der Waals surface area contributed by atoms with Gasteiger partial charge in [-0.1, -0.05) is 30.3 Å². The number of hydrogen-bond donors (Lipinski definition) is 2. The topological polar surface area (TPSA) is 49.9 Å². The molecule has 1 aromatic heterocycles. The van der Waals surface area contributed by atoms with E-state index in [1.807, 2.05) is 24.3 Å². The Morgan fingerprint density at radius 3 is 2.57 bits per heavy atom. The van der Waals surface area contributed by atoms with E-state index in [0.29, 0.717) is 0 Å². The third-order valence-electron chi connectivity index (χ3n) is 3.32. The first kappa shape index (κ1) is 13.2. The van der Waals surface area contributed by atoms with Gasteiger partial charge in [0.25, 0.3) is 0 Å². The lowest BCUT2D eigenvalue weighted by Gasteiger charge is -2.09. The molecular weight excluding hydrogens is 262 g/mol. The summed E-state index contributed by atoms with van der Waals surface area (Å²) in [5.41, 5.74) is 3.46. The molecule has 0 saturated carbocycles. The molecule has 21 heavy (non-hydrogen) atoms. The summed E-state index contributed by atoms with van der Waals surface area (Å²) in [5.74, 6) is 1.81. The first-order valence-electron chi connectivity index (χ1n) is 6.82. The van der Waals surface area contributed by atoms with Gasteiger partial charge < -0.3 is 10.1 Å². The van der Waals surface area contributed by atoms with Crippen LogP contribution in [0.4, 0.5) is 11.5 Å². The SMILES string of the molecule is COc1ccccc1Cc1ccc(Nc2ccn[nH]2)cc1. The van der Waals surface area contributed by atoms with Gasteiger partial charge in [-0.3, -0.25) is 5.10 Å². The number of nitrogens with one attached hydrogen (secondary N) is 2. The number of methoxy groups -OCH3 is 1. The quantitative estimate of drug-likeness (QED) is 0.747. The molecule has 106 valence electrons. The largest absolute Gasteiger partial charge is 0.496 e. The number of ether oxygens (including phenoxy) is 1. The predicted octanol–water partition coefficient (Wildman–Crippen LogP) is 3.75. The Labute approximate surface area is 123 Å². The van der Waals surface area contributed by atoms with Crippen LogP contribution in [0.25, 0.3) is 0 Å². The minimum absolute atomic E-state index is 0.856. The van der Waals surface area contributed by atoms with Gasteiger partial charge in [-0.25, -0.2) is 0 Å². The molecule has 3 aromatic rings. The Morgan fingerprint density at radius 2 is 1.86 bits per heavy atom. The van der Waals surface area contributed by atoms with Crippen molar-refractivity contribution in [1.29, 1.82) is 0 Å². The number of aromatic nitrogens is 2. The zero-order chi connectivity index (χ0) is 14.5. The van der Waals surface area contributed by atoms with E-state index < -0.39 is 0 Å². The van der Waals surface area contributed by atoms with E-state index in [0.717, 1.165) is 23.7 Å². The van der Waals surface area contributed by atoms with Crippen LogP contribution in [0.3, 0.4) is 0 Å². The Balaban J connectivity index is 1.72. The smallest absolute Gasteiger partial charge is 0.125 e. The van der Waals surface area contributed by atoms with Crippen LogP contribution >= 0.6 is 0 Å². The van der Waals surface area contributed by atoms with Crippen LogP contribution in [0, 0.1) is 0 Å². The van der Waals surface area contributed by atoms with Crippen molar-refractivity contribution in [2.45, 2.75) is 6.42 Å².